The zero-order valence-corrected chi connectivity index (χ0v) is 14.7. The van der Waals surface area contributed by atoms with E-state index in [0.29, 0.717) is 22.7 Å². The molecule has 1 saturated carbocycles. The Labute approximate surface area is 152 Å². The molecule has 1 fully saturated rings. The van der Waals surface area contributed by atoms with Crippen molar-refractivity contribution in [1.29, 1.82) is 0 Å². The predicted molar refractivity (Wildman–Crippen MR) is 98.8 cm³/mol. The van der Waals surface area contributed by atoms with Crippen LogP contribution in [0.4, 0.5) is 0 Å². The Morgan fingerprint density at radius 3 is 2.28 bits per heavy atom. The molecule has 25 heavy (non-hydrogen) atoms. The van der Waals surface area contributed by atoms with E-state index in [4.69, 9.17) is 11.6 Å². The van der Waals surface area contributed by atoms with Gasteiger partial charge >= 0.3 is 0 Å². The first kappa shape index (κ1) is 17.5. The third kappa shape index (κ3) is 4.83. The zero-order valence-electron chi connectivity index (χ0n) is 13.9. The molecule has 0 heterocycles. The third-order valence-electron chi connectivity index (χ3n) is 4.44. The van der Waals surface area contributed by atoms with Crippen molar-refractivity contribution in [1.82, 2.24) is 10.6 Å². The summed E-state index contributed by atoms with van der Waals surface area (Å²) in [5.74, 6) is -0.315. The van der Waals surface area contributed by atoms with Crippen LogP contribution in [0.15, 0.2) is 48.5 Å². The molecule has 2 aromatic rings. The Morgan fingerprint density at radius 1 is 0.960 bits per heavy atom. The number of halogens is 1. The second-order valence-corrected chi connectivity index (χ2v) is 6.78. The van der Waals surface area contributed by atoms with Crippen LogP contribution in [0, 0.1) is 0 Å². The van der Waals surface area contributed by atoms with E-state index in [1.807, 2.05) is 12.1 Å². The van der Waals surface area contributed by atoms with Crippen molar-refractivity contribution in [3.63, 3.8) is 0 Å². The van der Waals surface area contributed by atoms with Gasteiger partial charge < -0.3 is 10.6 Å². The quantitative estimate of drug-likeness (QED) is 0.852. The second-order valence-electron chi connectivity index (χ2n) is 6.34. The molecule has 2 amide bonds. The summed E-state index contributed by atoms with van der Waals surface area (Å²) in [5.41, 5.74) is 1.96. The molecule has 4 nitrogen and oxygen atoms in total. The summed E-state index contributed by atoms with van der Waals surface area (Å²) in [4.78, 5) is 24.7. The molecule has 0 saturated heterocycles. The Hall–Kier alpha value is -2.33. The monoisotopic (exact) mass is 356 g/mol. The molecule has 130 valence electrons. The number of benzene rings is 2. The molecular formula is C20H21ClN2O2. The summed E-state index contributed by atoms with van der Waals surface area (Å²) in [6, 6.07) is 14.4. The second kappa shape index (κ2) is 8.17. The molecule has 0 unspecified atom stereocenters. The first-order valence-corrected chi connectivity index (χ1v) is 8.93. The van der Waals surface area contributed by atoms with Crippen LogP contribution in [0.3, 0.4) is 0 Å². The highest BCUT2D eigenvalue weighted by Gasteiger charge is 2.18. The van der Waals surface area contributed by atoms with Crippen molar-refractivity contribution < 1.29 is 9.59 Å². The summed E-state index contributed by atoms with van der Waals surface area (Å²) < 4.78 is 0. The topological polar surface area (TPSA) is 58.2 Å². The number of carbonyl (C=O) groups is 2. The van der Waals surface area contributed by atoms with Gasteiger partial charge in [0.25, 0.3) is 11.8 Å². The van der Waals surface area contributed by atoms with Crippen LogP contribution >= 0.6 is 11.6 Å². The van der Waals surface area contributed by atoms with E-state index >= 15 is 0 Å². The van der Waals surface area contributed by atoms with Gasteiger partial charge in [0.2, 0.25) is 0 Å². The Bertz CT molecular complexity index is 753. The number of nitrogens with one attached hydrogen (secondary N) is 2. The Morgan fingerprint density at radius 2 is 1.60 bits per heavy atom. The lowest BCUT2D eigenvalue weighted by atomic mass is 10.1. The predicted octanol–water partition coefficient (Wildman–Crippen LogP) is 3.94. The summed E-state index contributed by atoms with van der Waals surface area (Å²) in [6.45, 7) is 0.411. The largest absolute Gasteiger partial charge is 0.349 e. The highest BCUT2D eigenvalue weighted by Crippen LogP contribution is 2.18. The van der Waals surface area contributed by atoms with Crippen LogP contribution in [-0.2, 0) is 6.54 Å². The van der Waals surface area contributed by atoms with E-state index in [9.17, 15) is 9.59 Å². The molecule has 0 atom stereocenters. The van der Waals surface area contributed by atoms with Crippen LogP contribution in [0.2, 0.25) is 5.02 Å². The van der Waals surface area contributed by atoms with Crippen molar-refractivity contribution in [2.75, 3.05) is 0 Å². The maximum Gasteiger partial charge on any atom is 0.251 e. The molecule has 0 spiro atoms. The van der Waals surface area contributed by atoms with E-state index in [-0.39, 0.29) is 17.9 Å². The standard InChI is InChI=1S/C20H21ClN2O2/c21-17-10-8-14(9-11-17)13-22-19(24)15-4-3-5-16(12-15)20(25)23-18-6-1-2-7-18/h3-5,8-12,18H,1-2,6-7,13H2,(H,22,24)(H,23,25). The molecule has 1 aliphatic carbocycles. The minimum atomic E-state index is -0.203. The van der Waals surface area contributed by atoms with Gasteiger partial charge in [0.15, 0.2) is 0 Å². The van der Waals surface area contributed by atoms with Gasteiger partial charge in [0.1, 0.15) is 0 Å². The molecule has 2 N–H and O–H groups in total. The van der Waals surface area contributed by atoms with E-state index in [2.05, 4.69) is 10.6 Å². The van der Waals surface area contributed by atoms with Crippen LogP contribution in [0.1, 0.15) is 52.0 Å². The molecule has 2 aromatic carbocycles. The third-order valence-corrected chi connectivity index (χ3v) is 4.70. The van der Waals surface area contributed by atoms with E-state index in [1.165, 1.54) is 0 Å². The number of carbonyl (C=O) groups excluding carboxylic acids is 2. The SMILES string of the molecule is O=C(NCc1ccc(Cl)cc1)c1cccc(C(=O)NC2CCCC2)c1. The van der Waals surface area contributed by atoms with E-state index in [0.717, 1.165) is 31.2 Å². The molecule has 0 aliphatic heterocycles. The van der Waals surface area contributed by atoms with Gasteiger partial charge in [0.05, 0.1) is 0 Å². The van der Waals surface area contributed by atoms with E-state index < -0.39 is 0 Å². The summed E-state index contributed by atoms with van der Waals surface area (Å²) in [6.07, 6.45) is 4.40. The van der Waals surface area contributed by atoms with Crippen molar-refractivity contribution in [2.24, 2.45) is 0 Å². The van der Waals surface area contributed by atoms with Crippen LogP contribution in [0.5, 0.6) is 0 Å². The molecule has 0 radical (unpaired) electrons. The fraction of sp³-hybridized carbons (Fsp3) is 0.300. The summed E-state index contributed by atoms with van der Waals surface area (Å²) in [7, 11) is 0. The van der Waals surface area contributed by atoms with Gasteiger partial charge in [0, 0.05) is 28.7 Å². The maximum atomic E-state index is 12.3. The van der Waals surface area contributed by atoms with Crippen molar-refractivity contribution in [3.05, 3.63) is 70.2 Å². The fourth-order valence-corrected chi connectivity index (χ4v) is 3.15. The molecule has 5 heteroatoms. The maximum absolute atomic E-state index is 12.3. The summed E-state index contributed by atoms with van der Waals surface area (Å²) in [5, 5.41) is 6.56. The first-order valence-electron chi connectivity index (χ1n) is 8.55. The Kier molecular flexibility index (Phi) is 5.71. The summed E-state index contributed by atoms with van der Waals surface area (Å²) >= 11 is 5.85. The smallest absolute Gasteiger partial charge is 0.251 e. The molecule has 0 bridgehead atoms. The molecular weight excluding hydrogens is 336 g/mol. The average molecular weight is 357 g/mol. The van der Waals surface area contributed by atoms with Crippen LogP contribution in [-0.4, -0.2) is 17.9 Å². The van der Waals surface area contributed by atoms with Gasteiger partial charge in [-0.05, 0) is 48.7 Å². The highest BCUT2D eigenvalue weighted by atomic mass is 35.5. The molecule has 1 aliphatic rings. The normalized spacial score (nSPS) is 14.3. The minimum Gasteiger partial charge on any atom is -0.349 e. The highest BCUT2D eigenvalue weighted by molar-refractivity contribution is 6.30. The van der Waals surface area contributed by atoms with Crippen molar-refractivity contribution >= 4 is 23.4 Å². The molecule has 3 rings (SSSR count). The lowest BCUT2D eigenvalue weighted by Crippen LogP contribution is -2.32. The van der Waals surface area contributed by atoms with Crippen molar-refractivity contribution in [3.8, 4) is 0 Å². The van der Waals surface area contributed by atoms with Gasteiger partial charge in [-0.2, -0.15) is 0 Å². The number of amides is 2. The van der Waals surface area contributed by atoms with Gasteiger partial charge in [-0.1, -0.05) is 42.6 Å². The van der Waals surface area contributed by atoms with Gasteiger partial charge in [-0.3, -0.25) is 9.59 Å². The lowest BCUT2D eigenvalue weighted by molar-refractivity contribution is 0.0938. The minimum absolute atomic E-state index is 0.112. The van der Waals surface area contributed by atoms with E-state index in [1.54, 1.807) is 36.4 Å². The average Bonchev–Trinajstić information content (AvgIpc) is 3.14. The lowest BCUT2D eigenvalue weighted by Gasteiger charge is -2.12. The van der Waals surface area contributed by atoms with Crippen molar-refractivity contribution in [2.45, 2.75) is 38.3 Å². The fourth-order valence-electron chi connectivity index (χ4n) is 3.03. The molecule has 0 aromatic heterocycles. The van der Waals surface area contributed by atoms with Gasteiger partial charge in [-0.15, -0.1) is 0 Å². The van der Waals surface area contributed by atoms with Crippen LogP contribution < -0.4 is 10.6 Å². The van der Waals surface area contributed by atoms with Gasteiger partial charge in [-0.25, -0.2) is 0 Å². The van der Waals surface area contributed by atoms with Crippen LogP contribution in [0.25, 0.3) is 0 Å². The zero-order chi connectivity index (χ0) is 17.6. The first-order chi connectivity index (χ1) is 12.1. The number of rotatable bonds is 5. The number of hydrogen-bond donors (Lipinski definition) is 2. The Balaban J connectivity index is 1.60. The number of hydrogen-bond acceptors (Lipinski definition) is 2.